The van der Waals surface area contributed by atoms with Gasteiger partial charge in [0.1, 0.15) is 6.17 Å². The Kier molecular flexibility index (Phi) is 7.06. The molecule has 1 aromatic rings. The van der Waals surface area contributed by atoms with Gasteiger partial charge in [-0.25, -0.2) is 9.59 Å². The van der Waals surface area contributed by atoms with E-state index < -0.39 is 18.1 Å². The van der Waals surface area contributed by atoms with Crippen molar-refractivity contribution in [2.24, 2.45) is 0 Å². The van der Waals surface area contributed by atoms with Crippen LogP contribution < -0.4 is 5.32 Å². The minimum Gasteiger partial charge on any atom is -0.466 e. The number of rotatable bonds is 6. The maximum atomic E-state index is 12.8. The first-order valence-corrected chi connectivity index (χ1v) is 9.10. The fourth-order valence-electron chi connectivity index (χ4n) is 3.30. The first kappa shape index (κ1) is 19.8. The van der Waals surface area contributed by atoms with Gasteiger partial charge in [-0.3, -0.25) is 4.90 Å². The van der Waals surface area contributed by atoms with Crippen LogP contribution in [0.15, 0.2) is 41.6 Å². The van der Waals surface area contributed by atoms with Gasteiger partial charge in [0.25, 0.3) is 0 Å². The number of carbonyl (C=O) groups is 2. The lowest BCUT2D eigenvalue weighted by Crippen LogP contribution is -2.55. The monoisotopic (exact) mass is 360 g/mol. The summed E-state index contributed by atoms with van der Waals surface area (Å²) in [5, 5.41) is 3.31. The predicted octanol–water partition coefficient (Wildman–Crippen LogP) is 3.75. The molecule has 26 heavy (non-hydrogen) atoms. The van der Waals surface area contributed by atoms with E-state index in [-0.39, 0.29) is 12.8 Å². The average molecular weight is 360 g/mol. The molecule has 0 bridgehead atoms. The van der Waals surface area contributed by atoms with Crippen LogP contribution in [0, 0.1) is 0 Å². The topological polar surface area (TPSA) is 67.9 Å². The minimum absolute atomic E-state index is 0.243. The van der Waals surface area contributed by atoms with Gasteiger partial charge in [-0.1, -0.05) is 43.7 Å². The zero-order valence-electron chi connectivity index (χ0n) is 16.0. The number of nitrogens with one attached hydrogen (secondary N) is 1. The van der Waals surface area contributed by atoms with E-state index in [0.29, 0.717) is 5.57 Å². The van der Waals surface area contributed by atoms with Gasteiger partial charge in [0.2, 0.25) is 0 Å². The summed E-state index contributed by atoms with van der Waals surface area (Å²) in [6, 6.07) is 8.97. The summed E-state index contributed by atoms with van der Waals surface area (Å²) in [4.78, 5) is 26.9. The highest BCUT2D eigenvalue weighted by Crippen LogP contribution is 2.37. The second-order valence-electron chi connectivity index (χ2n) is 6.25. The zero-order chi connectivity index (χ0) is 19.1. The molecule has 1 N–H and O–H groups in total. The molecule has 6 nitrogen and oxygen atoms in total. The van der Waals surface area contributed by atoms with E-state index in [1.165, 1.54) is 7.11 Å². The lowest BCUT2D eigenvalue weighted by atomic mass is 9.92. The molecular formula is C20H28N2O4. The molecule has 0 fully saturated rings. The summed E-state index contributed by atoms with van der Waals surface area (Å²) in [6.45, 7) is 6.00. The van der Waals surface area contributed by atoms with E-state index in [2.05, 4.69) is 12.2 Å². The smallest absolute Gasteiger partial charge is 0.412 e. The molecule has 1 aliphatic rings. The summed E-state index contributed by atoms with van der Waals surface area (Å²) in [5.41, 5.74) is 2.01. The number of nitrogens with zero attached hydrogens (tertiary/aromatic N) is 1. The van der Waals surface area contributed by atoms with Crippen LogP contribution in [0.25, 0.3) is 0 Å². The van der Waals surface area contributed by atoms with Crippen molar-refractivity contribution in [1.82, 2.24) is 10.2 Å². The summed E-state index contributed by atoms with van der Waals surface area (Å²) in [6.07, 6.45) is 2.05. The Bertz CT molecular complexity index is 657. The van der Waals surface area contributed by atoms with Crippen LogP contribution in [0.1, 0.15) is 51.6 Å². The van der Waals surface area contributed by atoms with E-state index in [0.717, 1.165) is 30.5 Å². The van der Waals surface area contributed by atoms with Gasteiger partial charge in [0.15, 0.2) is 0 Å². The molecular weight excluding hydrogens is 332 g/mol. The molecule has 142 valence electrons. The molecule has 0 saturated heterocycles. The Labute approximate surface area is 155 Å². The van der Waals surface area contributed by atoms with E-state index in [9.17, 15) is 9.59 Å². The molecule has 0 aliphatic carbocycles. The molecule has 1 amide bonds. The van der Waals surface area contributed by atoms with Crippen molar-refractivity contribution in [2.45, 2.75) is 52.2 Å². The van der Waals surface area contributed by atoms with E-state index in [1.54, 1.807) is 11.8 Å². The number of methoxy groups -OCH3 is 1. The van der Waals surface area contributed by atoms with Gasteiger partial charge in [-0.2, -0.15) is 0 Å². The maximum Gasteiger partial charge on any atom is 0.412 e. The highest BCUT2D eigenvalue weighted by atomic mass is 16.6. The third-order valence-electron chi connectivity index (χ3n) is 4.50. The van der Waals surface area contributed by atoms with E-state index in [4.69, 9.17) is 9.47 Å². The van der Waals surface area contributed by atoms with Crippen molar-refractivity contribution in [2.75, 3.05) is 13.7 Å². The molecule has 0 spiro atoms. The lowest BCUT2D eigenvalue weighted by Gasteiger charge is -2.43. The average Bonchev–Trinajstić information content (AvgIpc) is 2.65. The summed E-state index contributed by atoms with van der Waals surface area (Å²) < 4.78 is 10.3. The van der Waals surface area contributed by atoms with Crippen molar-refractivity contribution in [3.05, 3.63) is 47.2 Å². The van der Waals surface area contributed by atoms with Gasteiger partial charge < -0.3 is 14.8 Å². The predicted molar refractivity (Wildman–Crippen MR) is 99.2 cm³/mol. The van der Waals surface area contributed by atoms with E-state index >= 15 is 0 Å². The van der Waals surface area contributed by atoms with Crippen molar-refractivity contribution in [3.8, 4) is 0 Å². The highest BCUT2D eigenvalue weighted by Gasteiger charge is 2.42. The third-order valence-corrected chi connectivity index (χ3v) is 4.50. The number of hydrogen-bond acceptors (Lipinski definition) is 5. The molecule has 1 heterocycles. The van der Waals surface area contributed by atoms with Crippen molar-refractivity contribution in [3.63, 3.8) is 0 Å². The standard InChI is InChI=1S/C20H28N2O4/c1-5-7-13-16-21-14(3)17(19(23)25-4)18(15-11-9-8-10-12-15)22(16)20(24)26-6-2/h8-12,16,18,21H,5-7,13H2,1-4H3. The Morgan fingerprint density at radius 2 is 1.88 bits per heavy atom. The van der Waals surface area contributed by atoms with Crippen molar-refractivity contribution in [1.29, 1.82) is 0 Å². The molecule has 1 aromatic carbocycles. The second kappa shape index (κ2) is 9.27. The highest BCUT2D eigenvalue weighted by molar-refractivity contribution is 5.92. The van der Waals surface area contributed by atoms with Gasteiger partial charge in [0.05, 0.1) is 25.3 Å². The molecule has 0 aromatic heterocycles. The molecule has 6 heteroatoms. The zero-order valence-corrected chi connectivity index (χ0v) is 16.0. The lowest BCUT2D eigenvalue weighted by molar-refractivity contribution is -0.137. The largest absolute Gasteiger partial charge is 0.466 e. The first-order chi connectivity index (χ1) is 12.5. The summed E-state index contributed by atoms with van der Waals surface area (Å²) in [5.74, 6) is -0.452. The van der Waals surface area contributed by atoms with Gasteiger partial charge >= 0.3 is 12.1 Å². The fourth-order valence-corrected chi connectivity index (χ4v) is 3.30. The molecule has 2 atom stereocenters. The Morgan fingerprint density at radius 3 is 2.46 bits per heavy atom. The van der Waals surface area contributed by atoms with E-state index in [1.807, 2.05) is 37.3 Å². The third kappa shape index (κ3) is 4.18. The number of allylic oxidation sites excluding steroid dienone is 1. The van der Waals surface area contributed by atoms with Gasteiger partial charge in [-0.15, -0.1) is 0 Å². The maximum absolute atomic E-state index is 12.8. The van der Waals surface area contributed by atoms with Crippen LogP contribution in [0.3, 0.4) is 0 Å². The van der Waals surface area contributed by atoms with Gasteiger partial charge in [0, 0.05) is 5.70 Å². The Hall–Kier alpha value is -2.50. The fraction of sp³-hybridized carbons (Fsp3) is 0.500. The van der Waals surface area contributed by atoms with Crippen LogP contribution in [-0.2, 0) is 14.3 Å². The Balaban J connectivity index is 2.57. The number of ether oxygens (including phenoxy) is 2. The summed E-state index contributed by atoms with van der Waals surface area (Å²) >= 11 is 0. The van der Waals surface area contributed by atoms with Crippen LogP contribution >= 0.6 is 0 Å². The first-order valence-electron chi connectivity index (χ1n) is 9.10. The van der Waals surface area contributed by atoms with Gasteiger partial charge in [-0.05, 0) is 32.3 Å². The normalized spacial score (nSPS) is 19.8. The van der Waals surface area contributed by atoms with Crippen molar-refractivity contribution >= 4 is 12.1 Å². The SMILES string of the molecule is CCCCC1NC(C)=C(C(=O)OC)C(c2ccccc2)N1C(=O)OCC. The molecule has 1 aliphatic heterocycles. The number of hydrogen-bond donors (Lipinski definition) is 1. The molecule has 0 radical (unpaired) electrons. The number of unbranched alkanes of at least 4 members (excludes halogenated alkanes) is 1. The molecule has 2 rings (SSSR count). The second-order valence-corrected chi connectivity index (χ2v) is 6.25. The minimum atomic E-state index is -0.550. The van der Waals surface area contributed by atoms with Crippen LogP contribution in [-0.4, -0.2) is 36.8 Å². The molecule has 0 saturated carbocycles. The summed E-state index contributed by atoms with van der Waals surface area (Å²) in [7, 11) is 1.35. The number of benzene rings is 1. The van der Waals surface area contributed by atoms with Crippen LogP contribution in [0.4, 0.5) is 4.79 Å². The number of amides is 1. The Morgan fingerprint density at radius 1 is 1.19 bits per heavy atom. The molecule has 2 unspecified atom stereocenters. The van der Waals surface area contributed by atoms with Crippen molar-refractivity contribution < 1.29 is 19.1 Å². The van der Waals surface area contributed by atoms with Crippen LogP contribution in [0.5, 0.6) is 0 Å². The number of esters is 1. The number of carbonyl (C=O) groups excluding carboxylic acids is 2. The van der Waals surface area contributed by atoms with Crippen LogP contribution in [0.2, 0.25) is 0 Å². The quantitative estimate of drug-likeness (QED) is 0.783.